The second kappa shape index (κ2) is 40.7. The molecule has 0 rings (SSSR count). The van der Waals surface area contributed by atoms with Crippen LogP contribution in [0, 0.1) is 11.8 Å². The Hall–Kier alpha value is -0.0400. The largest absolute Gasteiger partial charge is 0.376 e. The average molecular weight is 691 g/mol. The summed E-state index contributed by atoms with van der Waals surface area (Å²) in [6.07, 6.45) is 55.6. The smallest absolute Gasteiger partial charge is 0.0553 e. The SMILES string of the molecule is CCCCCCCCCCCCCCCCCCCC(C)CC(C)OC(C)CC(C)CCCCCCCCCCCCCCCCCCC. The summed E-state index contributed by atoms with van der Waals surface area (Å²) in [5.74, 6) is 1.59. The van der Waals surface area contributed by atoms with E-state index in [2.05, 4.69) is 41.5 Å². The first-order valence-corrected chi connectivity index (χ1v) is 23.6. The summed E-state index contributed by atoms with van der Waals surface area (Å²) in [5.41, 5.74) is 0. The lowest BCUT2D eigenvalue weighted by atomic mass is 9.95. The van der Waals surface area contributed by atoms with E-state index < -0.39 is 0 Å². The van der Waals surface area contributed by atoms with Crippen molar-refractivity contribution in [3.05, 3.63) is 0 Å². The van der Waals surface area contributed by atoms with Crippen LogP contribution in [0.4, 0.5) is 0 Å². The van der Waals surface area contributed by atoms with Gasteiger partial charge in [0.15, 0.2) is 0 Å². The highest BCUT2D eigenvalue weighted by Gasteiger charge is 2.15. The van der Waals surface area contributed by atoms with Crippen LogP contribution in [0.3, 0.4) is 0 Å². The molecule has 0 aromatic carbocycles. The molecule has 0 aliphatic carbocycles. The summed E-state index contributed by atoms with van der Waals surface area (Å²) in [5, 5.41) is 0. The van der Waals surface area contributed by atoms with Crippen molar-refractivity contribution in [3.63, 3.8) is 0 Å². The van der Waals surface area contributed by atoms with E-state index in [1.54, 1.807) is 0 Å². The number of rotatable bonds is 42. The minimum absolute atomic E-state index is 0.406. The van der Waals surface area contributed by atoms with Crippen LogP contribution in [0.1, 0.15) is 286 Å². The van der Waals surface area contributed by atoms with Crippen molar-refractivity contribution in [1.29, 1.82) is 0 Å². The van der Waals surface area contributed by atoms with Crippen LogP contribution in [-0.4, -0.2) is 12.2 Å². The van der Waals surface area contributed by atoms with Crippen molar-refractivity contribution in [2.75, 3.05) is 0 Å². The molecule has 0 bridgehead atoms. The molecule has 0 saturated heterocycles. The molecule has 49 heavy (non-hydrogen) atoms. The molecule has 0 aromatic rings. The summed E-state index contributed by atoms with van der Waals surface area (Å²) in [6.45, 7) is 14.2. The van der Waals surface area contributed by atoms with Gasteiger partial charge < -0.3 is 4.74 Å². The number of hydrogen-bond acceptors (Lipinski definition) is 1. The molecular formula is C48H98O. The van der Waals surface area contributed by atoms with Gasteiger partial charge in [0, 0.05) is 0 Å². The number of unbranched alkanes of at least 4 members (excludes halogenated alkanes) is 32. The minimum atomic E-state index is 0.406. The first kappa shape index (κ1) is 49.0. The highest BCUT2D eigenvalue weighted by atomic mass is 16.5. The fourth-order valence-corrected chi connectivity index (χ4v) is 8.31. The van der Waals surface area contributed by atoms with Crippen LogP contribution in [0.5, 0.6) is 0 Å². The van der Waals surface area contributed by atoms with Crippen LogP contribution in [0.2, 0.25) is 0 Å². The second-order valence-electron chi connectivity index (χ2n) is 17.3. The van der Waals surface area contributed by atoms with E-state index in [9.17, 15) is 0 Å². The molecule has 0 amide bonds. The van der Waals surface area contributed by atoms with Gasteiger partial charge in [-0.2, -0.15) is 0 Å². The zero-order chi connectivity index (χ0) is 35.9. The van der Waals surface area contributed by atoms with Crippen molar-refractivity contribution >= 4 is 0 Å². The lowest BCUT2D eigenvalue weighted by Gasteiger charge is -2.24. The van der Waals surface area contributed by atoms with Crippen molar-refractivity contribution in [2.24, 2.45) is 11.8 Å². The first-order chi connectivity index (χ1) is 24.0. The molecule has 296 valence electrons. The average Bonchev–Trinajstić information content (AvgIpc) is 3.07. The van der Waals surface area contributed by atoms with Crippen LogP contribution >= 0.6 is 0 Å². The lowest BCUT2D eigenvalue weighted by molar-refractivity contribution is -0.0146. The second-order valence-corrected chi connectivity index (χ2v) is 17.3. The van der Waals surface area contributed by atoms with Crippen molar-refractivity contribution in [2.45, 2.75) is 298 Å². The summed E-state index contributed by atoms with van der Waals surface area (Å²) in [6, 6.07) is 0. The number of hydrogen-bond donors (Lipinski definition) is 0. The van der Waals surface area contributed by atoms with Crippen LogP contribution < -0.4 is 0 Å². The van der Waals surface area contributed by atoms with Crippen LogP contribution in [0.25, 0.3) is 0 Å². The number of ether oxygens (including phenoxy) is 1. The lowest BCUT2D eigenvalue weighted by Crippen LogP contribution is -2.21. The summed E-state index contributed by atoms with van der Waals surface area (Å²) in [7, 11) is 0. The molecule has 1 nitrogen and oxygen atoms in total. The van der Waals surface area contributed by atoms with E-state index in [1.165, 1.54) is 244 Å². The molecule has 0 saturated carbocycles. The highest BCUT2D eigenvalue weighted by Crippen LogP contribution is 2.23. The van der Waals surface area contributed by atoms with Gasteiger partial charge in [0.2, 0.25) is 0 Å². The van der Waals surface area contributed by atoms with Gasteiger partial charge in [0.1, 0.15) is 0 Å². The maximum absolute atomic E-state index is 6.47. The summed E-state index contributed by atoms with van der Waals surface area (Å²) >= 11 is 0. The van der Waals surface area contributed by atoms with E-state index in [4.69, 9.17) is 4.74 Å². The first-order valence-electron chi connectivity index (χ1n) is 23.6. The van der Waals surface area contributed by atoms with E-state index in [1.807, 2.05) is 0 Å². The van der Waals surface area contributed by atoms with Gasteiger partial charge in [-0.1, -0.05) is 259 Å². The van der Waals surface area contributed by atoms with Crippen molar-refractivity contribution < 1.29 is 4.74 Å². The maximum Gasteiger partial charge on any atom is 0.0553 e. The van der Waals surface area contributed by atoms with Crippen LogP contribution in [-0.2, 0) is 4.74 Å². The molecule has 0 aliphatic heterocycles. The Morgan fingerprint density at radius 2 is 0.449 bits per heavy atom. The van der Waals surface area contributed by atoms with E-state index in [0.29, 0.717) is 12.2 Å². The van der Waals surface area contributed by atoms with E-state index >= 15 is 0 Å². The fraction of sp³-hybridized carbons (Fsp3) is 1.00. The van der Waals surface area contributed by atoms with Gasteiger partial charge in [-0.05, 0) is 38.5 Å². The molecule has 0 spiro atoms. The zero-order valence-electron chi connectivity index (χ0n) is 35.6. The molecule has 1 heteroatoms. The van der Waals surface area contributed by atoms with Crippen molar-refractivity contribution in [1.82, 2.24) is 0 Å². The predicted molar refractivity (Wildman–Crippen MR) is 225 cm³/mol. The molecular weight excluding hydrogens is 593 g/mol. The third-order valence-electron chi connectivity index (χ3n) is 11.5. The Bertz CT molecular complexity index is 536. The Morgan fingerprint density at radius 3 is 0.653 bits per heavy atom. The molecule has 0 aromatic heterocycles. The quantitative estimate of drug-likeness (QED) is 0.0579. The third kappa shape index (κ3) is 40.6. The highest BCUT2D eigenvalue weighted by molar-refractivity contribution is 4.65. The molecule has 4 atom stereocenters. The molecule has 0 aliphatic rings. The zero-order valence-corrected chi connectivity index (χ0v) is 35.6. The Balaban J connectivity index is 3.46. The summed E-state index contributed by atoms with van der Waals surface area (Å²) < 4.78 is 6.47. The standard InChI is InChI=1S/C48H98O/c1-7-9-11-13-15-17-19-21-23-25-27-29-31-33-35-37-39-41-45(3)43-47(5)49-48(6)44-46(4)42-40-38-36-34-32-30-28-26-24-22-20-18-16-14-12-10-8-2/h45-48H,7-44H2,1-6H3. The molecule has 0 N–H and O–H groups in total. The Labute approximate surface area is 313 Å². The van der Waals surface area contributed by atoms with Gasteiger partial charge in [-0.25, -0.2) is 0 Å². The monoisotopic (exact) mass is 691 g/mol. The van der Waals surface area contributed by atoms with E-state index in [-0.39, 0.29) is 0 Å². The predicted octanol–water partition coefficient (Wildman–Crippen LogP) is 17.9. The summed E-state index contributed by atoms with van der Waals surface area (Å²) in [4.78, 5) is 0. The molecule has 0 fully saturated rings. The normalized spacial score (nSPS) is 14.3. The van der Waals surface area contributed by atoms with Crippen molar-refractivity contribution in [3.8, 4) is 0 Å². The fourth-order valence-electron chi connectivity index (χ4n) is 8.31. The van der Waals surface area contributed by atoms with Gasteiger partial charge in [-0.3, -0.25) is 0 Å². The van der Waals surface area contributed by atoms with Gasteiger partial charge in [0.25, 0.3) is 0 Å². The molecule has 4 unspecified atom stereocenters. The maximum atomic E-state index is 6.47. The Kier molecular flexibility index (Phi) is 40.7. The Morgan fingerprint density at radius 1 is 0.265 bits per heavy atom. The van der Waals surface area contributed by atoms with Gasteiger partial charge in [0.05, 0.1) is 12.2 Å². The van der Waals surface area contributed by atoms with Gasteiger partial charge in [-0.15, -0.1) is 0 Å². The topological polar surface area (TPSA) is 9.23 Å². The molecule has 0 radical (unpaired) electrons. The third-order valence-corrected chi connectivity index (χ3v) is 11.5. The minimum Gasteiger partial charge on any atom is -0.376 e. The van der Waals surface area contributed by atoms with Gasteiger partial charge >= 0.3 is 0 Å². The van der Waals surface area contributed by atoms with E-state index in [0.717, 1.165) is 11.8 Å². The van der Waals surface area contributed by atoms with Crippen LogP contribution in [0.15, 0.2) is 0 Å². The molecule has 0 heterocycles.